The van der Waals surface area contributed by atoms with E-state index in [2.05, 4.69) is 5.32 Å². The smallest absolute Gasteiger partial charge is 0.338 e. The van der Waals surface area contributed by atoms with Gasteiger partial charge in [-0.1, -0.05) is 6.07 Å². The first-order valence-electron chi connectivity index (χ1n) is 7.77. The Balaban J connectivity index is 1.98. The molecule has 0 aliphatic rings. The second-order valence-electron chi connectivity index (χ2n) is 5.74. The van der Waals surface area contributed by atoms with Crippen LogP contribution in [0.15, 0.2) is 42.5 Å². The highest BCUT2D eigenvalue weighted by atomic mass is 16.5. The number of anilines is 2. The summed E-state index contributed by atoms with van der Waals surface area (Å²) in [6, 6.07) is 11.3. The molecule has 2 aromatic carbocycles. The van der Waals surface area contributed by atoms with Crippen molar-refractivity contribution in [2.75, 3.05) is 11.1 Å². The number of nitrogens with one attached hydrogen (secondary N) is 1. The average Bonchev–Trinajstić information content (AvgIpc) is 2.57. The zero-order valence-electron chi connectivity index (χ0n) is 14.3. The normalized spacial score (nSPS) is 11.5. The number of carbonyl (C=O) groups is 3. The fourth-order valence-corrected chi connectivity index (χ4v) is 2.08. The lowest BCUT2D eigenvalue weighted by atomic mass is 10.1. The van der Waals surface area contributed by atoms with Crippen molar-refractivity contribution in [3.8, 4) is 0 Å². The van der Waals surface area contributed by atoms with E-state index in [1.54, 1.807) is 36.4 Å². The Labute approximate surface area is 146 Å². The predicted octanol–water partition coefficient (Wildman–Crippen LogP) is 2.96. The van der Waals surface area contributed by atoms with E-state index in [4.69, 9.17) is 10.5 Å². The van der Waals surface area contributed by atoms with Crippen molar-refractivity contribution in [1.82, 2.24) is 0 Å². The standard InChI is InChI=1S/C19H20N2O4/c1-11-4-5-15(10-17(11)20)19(24)25-13(3)18(23)21-16-8-6-14(7-9-16)12(2)22/h4-10,13H,20H2,1-3H3,(H,21,23)/t13-/m1/s1. The summed E-state index contributed by atoms with van der Waals surface area (Å²) in [4.78, 5) is 35.5. The topological polar surface area (TPSA) is 98.5 Å². The molecule has 0 saturated carbocycles. The van der Waals surface area contributed by atoms with Crippen LogP contribution in [0, 0.1) is 6.92 Å². The second kappa shape index (κ2) is 7.61. The van der Waals surface area contributed by atoms with Crippen molar-refractivity contribution >= 4 is 29.0 Å². The minimum atomic E-state index is -0.984. The molecule has 0 radical (unpaired) electrons. The van der Waals surface area contributed by atoms with Crippen LogP contribution < -0.4 is 11.1 Å². The van der Waals surface area contributed by atoms with Crippen LogP contribution in [-0.2, 0) is 9.53 Å². The van der Waals surface area contributed by atoms with Gasteiger partial charge >= 0.3 is 5.97 Å². The number of benzene rings is 2. The molecule has 0 aliphatic heterocycles. The summed E-state index contributed by atoms with van der Waals surface area (Å²) in [6.45, 7) is 4.78. The molecule has 1 atom stereocenters. The number of amides is 1. The summed E-state index contributed by atoms with van der Waals surface area (Å²) < 4.78 is 5.17. The lowest BCUT2D eigenvalue weighted by Crippen LogP contribution is -2.30. The molecule has 6 nitrogen and oxygen atoms in total. The molecule has 0 aliphatic carbocycles. The van der Waals surface area contributed by atoms with E-state index >= 15 is 0 Å². The van der Waals surface area contributed by atoms with Gasteiger partial charge in [0, 0.05) is 16.9 Å². The van der Waals surface area contributed by atoms with Crippen molar-refractivity contribution in [3.05, 3.63) is 59.2 Å². The fourth-order valence-electron chi connectivity index (χ4n) is 2.08. The molecule has 6 heteroatoms. The molecule has 0 heterocycles. The Morgan fingerprint density at radius 3 is 2.20 bits per heavy atom. The van der Waals surface area contributed by atoms with Gasteiger partial charge in [0.05, 0.1) is 5.56 Å². The lowest BCUT2D eigenvalue weighted by Gasteiger charge is -2.14. The van der Waals surface area contributed by atoms with Crippen molar-refractivity contribution in [2.45, 2.75) is 26.9 Å². The molecule has 25 heavy (non-hydrogen) atoms. The highest BCUT2D eigenvalue weighted by Crippen LogP contribution is 2.15. The van der Waals surface area contributed by atoms with Crippen LogP contribution in [0.1, 0.15) is 40.1 Å². The van der Waals surface area contributed by atoms with Gasteiger partial charge in [-0.3, -0.25) is 9.59 Å². The molecule has 3 N–H and O–H groups in total. The van der Waals surface area contributed by atoms with E-state index < -0.39 is 18.0 Å². The van der Waals surface area contributed by atoms with Gasteiger partial charge in [0.25, 0.3) is 5.91 Å². The van der Waals surface area contributed by atoms with E-state index in [9.17, 15) is 14.4 Å². The maximum absolute atomic E-state index is 12.1. The fraction of sp³-hybridized carbons (Fsp3) is 0.211. The highest BCUT2D eigenvalue weighted by molar-refractivity contribution is 5.98. The number of ether oxygens (including phenoxy) is 1. The zero-order valence-corrected chi connectivity index (χ0v) is 14.3. The number of Topliss-reactive ketones (excluding diaryl/α,β-unsaturated/α-hetero) is 1. The predicted molar refractivity (Wildman–Crippen MR) is 95.5 cm³/mol. The number of rotatable bonds is 5. The Morgan fingerprint density at radius 2 is 1.64 bits per heavy atom. The molecule has 2 rings (SSSR count). The summed E-state index contributed by atoms with van der Waals surface area (Å²) >= 11 is 0. The van der Waals surface area contributed by atoms with Gasteiger partial charge in [-0.25, -0.2) is 4.79 Å². The Kier molecular flexibility index (Phi) is 5.54. The zero-order chi connectivity index (χ0) is 18.6. The second-order valence-corrected chi connectivity index (χ2v) is 5.74. The molecule has 0 bridgehead atoms. The Morgan fingerprint density at radius 1 is 1.04 bits per heavy atom. The van der Waals surface area contributed by atoms with Gasteiger partial charge in [-0.15, -0.1) is 0 Å². The average molecular weight is 340 g/mol. The van der Waals surface area contributed by atoms with Crippen molar-refractivity contribution in [2.24, 2.45) is 0 Å². The van der Waals surface area contributed by atoms with Gasteiger partial charge in [0.2, 0.25) is 0 Å². The third-order valence-corrected chi connectivity index (χ3v) is 3.73. The molecule has 0 unspecified atom stereocenters. The number of carbonyl (C=O) groups excluding carboxylic acids is 3. The minimum absolute atomic E-state index is 0.0578. The Bertz CT molecular complexity index is 813. The van der Waals surface area contributed by atoms with E-state index in [1.165, 1.54) is 19.9 Å². The largest absolute Gasteiger partial charge is 0.449 e. The van der Waals surface area contributed by atoms with Crippen LogP contribution in [-0.4, -0.2) is 23.8 Å². The van der Waals surface area contributed by atoms with Crippen LogP contribution in [0.25, 0.3) is 0 Å². The van der Waals surface area contributed by atoms with Gasteiger partial charge in [0.1, 0.15) is 0 Å². The molecule has 130 valence electrons. The quantitative estimate of drug-likeness (QED) is 0.495. The third-order valence-electron chi connectivity index (χ3n) is 3.73. The molecule has 0 fully saturated rings. The summed E-state index contributed by atoms with van der Waals surface area (Å²) in [5, 5.41) is 2.63. The van der Waals surface area contributed by atoms with Crippen molar-refractivity contribution in [3.63, 3.8) is 0 Å². The van der Waals surface area contributed by atoms with Gasteiger partial charge in [0.15, 0.2) is 11.9 Å². The van der Waals surface area contributed by atoms with Crippen molar-refractivity contribution < 1.29 is 19.1 Å². The Hall–Kier alpha value is -3.15. The summed E-state index contributed by atoms with van der Waals surface area (Å²) in [5.41, 5.74) is 8.46. The van der Waals surface area contributed by atoms with Gasteiger partial charge < -0.3 is 15.8 Å². The maximum atomic E-state index is 12.1. The number of nitrogen functional groups attached to an aromatic ring is 1. The highest BCUT2D eigenvalue weighted by Gasteiger charge is 2.19. The third kappa shape index (κ3) is 4.67. The first kappa shape index (κ1) is 18.2. The molecule has 0 spiro atoms. The minimum Gasteiger partial charge on any atom is -0.449 e. The van der Waals surface area contributed by atoms with Gasteiger partial charge in [-0.2, -0.15) is 0 Å². The molecule has 2 aromatic rings. The lowest BCUT2D eigenvalue weighted by molar-refractivity contribution is -0.123. The summed E-state index contributed by atoms with van der Waals surface area (Å²) in [5.74, 6) is -1.15. The molecular formula is C19H20N2O4. The number of hydrogen-bond acceptors (Lipinski definition) is 5. The van der Waals surface area contributed by atoms with E-state index in [0.29, 0.717) is 16.9 Å². The number of hydrogen-bond donors (Lipinski definition) is 2. The maximum Gasteiger partial charge on any atom is 0.338 e. The van der Waals surface area contributed by atoms with E-state index in [0.717, 1.165) is 5.56 Å². The van der Waals surface area contributed by atoms with Crippen molar-refractivity contribution in [1.29, 1.82) is 0 Å². The molecular weight excluding hydrogens is 320 g/mol. The number of ketones is 1. The number of esters is 1. The monoisotopic (exact) mass is 340 g/mol. The van der Waals surface area contributed by atoms with Crippen LogP contribution in [0.5, 0.6) is 0 Å². The summed E-state index contributed by atoms with van der Waals surface area (Å²) in [6.07, 6.45) is -0.984. The number of nitrogens with two attached hydrogens (primary N) is 1. The first-order chi connectivity index (χ1) is 11.8. The molecule has 1 amide bonds. The summed E-state index contributed by atoms with van der Waals surface area (Å²) in [7, 11) is 0. The van der Waals surface area contributed by atoms with Gasteiger partial charge in [-0.05, 0) is 62.7 Å². The van der Waals surface area contributed by atoms with Crippen LogP contribution >= 0.6 is 0 Å². The van der Waals surface area contributed by atoms with Crippen LogP contribution in [0.4, 0.5) is 11.4 Å². The number of aryl methyl sites for hydroxylation is 1. The van der Waals surface area contributed by atoms with Crippen LogP contribution in [0.2, 0.25) is 0 Å². The molecule has 0 aromatic heterocycles. The van der Waals surface area contributed by atoms with E-state index in [-0.39, 0.29) is 11.3 Å². The first-order valence-corrected chi connectivity index (χ1v) is 7.77. The van der Waals surface area contributed by atoms with Crippen LogP contribution in [0.3, 0.4) is 0 Å². The van der Waals surface area contributed by atoms with E-state index in [1.807, 2.05) is 6.92 Å². The molecule has 0 saturated heterocycles. The SMILES string of the molecule is CC(=O)c1ccc(NC(=O)[C@@H](C)OC(=O)c2ccc(C)c(N)c2)cc1.